The van der Waals surface area contributed by atoms with Crippen LogP contribution in [0.25, 0.3) is 11.3 Å². The molecule has 8 heteroatoms. The van der Waals surface area contributed by atoms with E-state index in [1.165, 1.54) is 11.8 Å². The number of amides is 1. The number of aliphatic carboxylic acids is 1. The third-order valence-corrected chi connectivity index (χ3v) is 5.06. The van der Waals surface area contributed by atoms with Crippen molar-refractivity contribution in [3.05, 3.63) is 35.0 Å². The summed E-state index contributed by atoms with van der Waals surface area (Å²) >= 11 is 1.53. The second-order valence-corrected chi connectivity index (χ2v) is 6.99. The molecular formula is C18H20N2O5S. The van der Waals surface area contributed by atoms with Gasteiger partial charge in [-0.1, -0.05) is 5.16 Å². The minimum absolute atomic E-state index is 0.164. The fourth-order valence-electron chi connectivity index (χ4n) is 3.04. The van der Waals surface area contributed by atoms with Crippen molar-refractivity contribution in [3.63, 3.8) is 0 Å². The summed E-state index contributed by atoms with van der Waals surface area (Å²) in [4.78, 5) is 23.9. The van der Waals surface area contributed by atoms with E-state index in [4.69, 9.17) is 9.26 Å². The van der Waals surface area contributed by atoms with Crippen molar-refractivity contribution in [3.8, 4) is 17.1 Å². The first-order chi connectivity index (χ1) is 12.5. The van der Waals surface area contributed by atoms with Crippen LogP contribution in [-0.2, 0) is 17.6 Å². The lowest BCUT2D eigenvalue weighted by atomic mass is 9.89. The van der Waals surface area contributed by atoms with Crippen LogP contribution in [0.1, 0.15) is 28.0 Å². The Balaban J connectivity index is 1.84. The van der Waals surface area contributed by atoms with Crippen LogP contribution in [0.2, 0.25) is 0 Å². The number of nitrogens with one attached hydrogen (secondary N) is 1. The average Bonchev–Trinajstić information content (AvgIpc) is 3.08. The molecule has 1 aliphatic carbocycles. The lowest BCUT2D eigenvalue weighted by molar-refractivity contribution is -0.139. The Morgan fingerprint density at radius 1 is 1.42 bits per heavy atom. The summed E-state index contributed by atoms with van der Waals surface area (Å²) < 4.78 is 10.7. The van der Waals surface area contributed by atoms with E-state index >= 15 is 0 Å². The lowest BCUT2D eigenvalue weighted by Crippen LogP contribution is -2.41. The van der Waals surface area contributed by atoms with Crippen molar-refractivity contribution in [2.45, 2.75) is 25.3 Å². The Kier molecular flexibility index (Phi) is 5.51. The lowest BCUT2D eigenvalue weighted by Gasteiger charge is -2.16. The molecule has 26 heavy (non-hydrogen) atoms. The Labute approximate surface area is 155 Å². The van der Waals surface area contributed by atoms with Gasteiger partial charge in [0.05, 0.1) is 7.11 Å². The van der Waals surface area contributed by atoms with Crippen LogP contribution in [-0.4, -0.2) is 47.3 Å². The molecule has 3 rings (SSSR count). The fraction of sp³-hybridized carbons (Fsp3) is 0.389. The number of thioether (sulfide) groups is 1. The average molecular weight is 376 g/mol. The van der Waals surface area contributed by atoms with E-state index in [2.05, 4.69) is 10.5 Å². The van der Waals surface area contributed by atoms with Gasteiger partial charge in [-0.15, -0.1) is 0 Å². The third kappa shape index (κ3) is 3.55. The first kappa shape index (κ1) is 18.3. The van der Waals surface area contributed by atoms with Crippen LogP contribution in [0.3, 0.4) is 0 Å². The Morgan fingerprint density at radius 3 is 2.92 bits per heavy atom. The van der Waals surface area contributed by atoms with Crippen LogP contribution in [0.4, 0.5) is 0 Å². The largest absolute Gasteiger partial charge is 0.497 e. The van der Waals surface area contributed by atoms with Gasteiger partial charge in [0.25, 0.3) is 5.91 Å². The highest BCUT2D eigenvalue weighted by atomic mass is 32.2. The number of aromatic nitrogens is 1. The summed E-state index contributed by atoms with van der Waals surface area (Å²) in [6, 6.07) is 4.72. The summed E-state index contributed by atoms with van der Waals surface area (Å²) in [6.45, 7) is 0. The number of ether oxygens (including phenoxy) is 1. The second-order valence-electron chi connectivity index (χ2n) is 6.01. The number of carboxylic acids is 1. The maximum atomic E-state index is 12.5. The van der Waals surface area contributed by atoms with Gasteiger partial charge in [0.2, 0.25) is 0 Å². The first-order valence-corrected chi connectivity index (χ1v) is 9.63. The number of carbonyl (C=O) groups excluding carboxylic acids is 1. The zero-order chi connectivity index (χ0) is 18.7. The second kappa shape index (κ2) is 7.82. The standard InChI is InChI=1S/C18H20N2O5S/c1-24-11-4-6-12-10(9-11)3-5-13-15(20-25-16(12)13)17(21)19-14(18(22)23)7-8-26-2/h4,6,9,14H,3,5,7-8H2,1-2H3,(H,19,21)(H,22,23)/t14-/m0/s1. The molecule has 1 aromatic carbocycles. The summed E-state index contributed by atoms with van der Waals surface area (Å²) in [7, 11) is 1.61. The summed E-state index contributed by atoms with van der Waals surface area (Å²) in [5, 5.41) is 15.8. The topological polar surface area (TPSA) is 102 Å². The number of fused-ring (bicyclic) bond motifs is 3. The van der Waals surface area contributed by atoms with Gasteiger partial charge in [-0.25, -0.2) is 4.79 Å². The number of hydrogen-bond acceptors (Lipinski definition) is 6. The highest BCUT2D eigenvalue weighted by Gasteiger charge is 2.30. The molecule has 7 nitrogen and oxygen atoms in total. The maximum absolute atomic E-state index is 12.5. The van der Waals surface area contributed by atoms with Crippen molar-refractivity contribution in [2.24, 2.45) is 0 Å². The fourth-order valence-corrected chi connectivity index (χ4v) is 3.51. The normalized spacial score (nSPS) is 13.5. The summed E-state index contributed by atoms with van der Waals surface area (Å²) in [5.74, 6) is 0.407. The molecule has 1 heterocycles. The minimum Gasteiger partial charge on any atom is -0.497 e. The predicted octanol–water partition coefficient (Wildman–Crippen LogP) is 2.38. The molecule has 138 valence electrons. The van der Waals surface area contributed by atoms with E-state index in [9.17, 15) is 14.7 Å². The Hall–Kier alpha value is -2.48. The summed E-state index contributed by atoms with van der Waals surface area (Å²) in [5.41, 5.74) is 2.84. The van der Waals surface area contributed by atoms with Crippen LogP contribution in [0.5, 0.6) is 5.75 Å². The smallest absolute Gasteiger partial charge is 0.326 e. The van der Waals surface area contributed by atoms with Gasteiger partial charge >= 0.3 is 5.97 Å². The molecule has 1 amide bonds. The number of carboxylic acid groups (broad SMARTS) is 1. The molecule has 0 saturated heterocycles. The van der Waals surface area contributed by atoms with E-state index in [1.807, 2.05) is 24.5 Å². The SMILES string of the molecule is COc1ccc2c(c1)CCc1c(C(=O)N[C@@H](CCSC)C(=O)O)noc1-2. The molecular weight excluding hydrogens is 356 g/mol. The minimum atomic E-state index is -1.05. The molecule has 1 aliphatic rings. The monoisotopic (exact) mass is 376 g/mol. The van der Waals surface area contributed by atoms with E-state index in [0.717, 1.165) is 23.3 Å². The maximum Gasteiger partial charge on any atom is 0.326 e. The zero-order valence-electron chi connectivity index (χ0n) is 14.6. The molecule has 0 unspecified atom stereocenters. The Morgan fingerprint density at radius 2 is 2.23 bits per heavy atom. The third-order valence-electron chi connectivity index (χ3n) is 4.42. The van der Waals surface area contributed by atoms with Crippen LogP contribution < -0.4 is 10.1 Å². The number of rotatable bonds is 7. The molecule has 0 fully saturated rings. The molecule has 1 aromatic heterocycles. The van der Waals surface area contributed by atoms with Crippen LogP contribution in [0.15, 0.2) is 22.7 Å². The van der Waals surface area contributed by atoms with Crippen molar-refractivity contribution in [1.82, 2.24) is 10.5 Å². The van der Waals surface area contributed by atoms with Crippen molar-refractivity contribution in [2.75, 3.05) is 19.1 Å². The number of carbonyl (C=O) groups is 2. The number of methoxy groups -OCH3 is 1. The predicted molar refractivity (Wildman–Crippen MR) is 97.8 cm³/mol. The number of aryl methyl sites for hydroxylation is 1. The zero-order valence-corrected chi connectivity index (χ0v) is 15.4. The number of hydrogen-bond donors (Lipinski definition) is 2. The van der Waals surface area contributed by atoms with E-state index in [0.29, 0.717) is 29.9 Å². The molecule has 1 atom stereocenters. The van der Waals surface area contributed by atoms with E-state index in [1.54, 1.807) is 7.11 Å². The van der Waals surface area contributed by atoms with E-state index < -0.39 is 17.9 Å². The van der Waals surface area contributed by atoms with Gasteiger partial charge in [-0.05, 0) is 55.0 Å². The van der Waals surface area contributed by atoms with Crippen molar-refractivity contribution >= 4 is 23.6 Å². The van der Waals surface area contributed by atoms with Crippen LogP contribution in [0, 0.1) is 0 Å². The van der Waals surface area contributed by atoms with Crippen molar-refractivity contribution < 1.29 is 24.0 Å². The molecule has 2 N–H and O–H groups in total. The van der Waals surface area contributed by atoms with Gasteiger partial charge in [-0.2, -0.15) is 11.8 Å². The van der Waals surface area contributed by atoms with Gasteiger partial charge in [0.1, 0.15) is 11.8 Å². The molecule has 0 radical (unpaired) electrons. The molecule has 2 aromatic rings. The van der Waals surface area contributed by atoms with Gasteiger partial charge < -0.3 is 19.7 Å². The van der Waals surface area contributed by atoms with Gasteiger partial charge in [-0.3, -0.25) is 4.79 Å². The molecule has 0 bridgehead atoms. The molecule has 0 saturated carbocycles. The number of nitrogens with zero attached hydrogens (tertiary/aromatic N) is 1. The van der Waals surface area contributed by atoms with E-state index in [-0.39, 0.29) is 5.69 Å². The highest BCUT2D eigenvalue weighted by molar-refractivity contribution is 7.98. The Bertz CT molecular complexity index is 833. The quantitative estimate of drug-likeness (QED) is 0.765. The molecule has 0 aliphatic heterocycles. The van der Waals surface area contributed by atoms with Gasteiger partial charge in [0, 0.05) is 11.1 Å². The molecule has 0 spiro atoms. The number of benzene rings is 1. The summed E-state index contributed by atoms with van der Waals surface area (Å²) in [6.07, 6.45) is 3.58. The van der Waals surface area contributed by atoms with Gasteiger partial charge in [0.15, 0.2) is 11.5 Å². The van der Waals surface area contributed by atoms with Crippen molar-refractivity contribution in [1.29, 1.82) is 0 Å². The first-order valence-electron chi connectivity index (χ1n) is 8.23. The van der Waals surface area contributed by atoms with Crippen LogP contribution >= 0.6 is 11.8 Å². The highest BCUT2D eigenvalue weighted by Crippen LogP contribution is 2.37.